The number of anilines is 8. The van der Waals surface area contributed by atoms with E-state index >= 15 is 0 Å². The van der Waals surface area contributed by atoms with Crippen LogP contribution in [0.5, 0.6) is 0 Å². The first kappa shape index (κ1) is 44.4. The highest BCUT2D eigenvalue weighted by Crippen LogP contribution is 2.29. The highest BCUT2D eigenvalue weighted by atomic mass is 16.2. The van der Waals surface area contributed by atoms with E-state index in [-0.39, 0.29) is 46.8 Å². The molecule has 328 valence electrons. The molecule has 0 aliphatic carbocycles. The number of ketones is 2. The number of carbonyl (C=O) groups is 3. The first-order chi connectivity index (χ1) is 31.1. The van der Waals surface area contributed by atoms with Crippen molar-refractivity contribution in [3.63, 3.8) is 0 Å². The Kier molecular flexibility index (Phi) is 14.5. The van der Waals surface area contributed by atoms with Gasteiger partial charge in [-0.25, -0.2) is 19.9 Å². The minimum atomic E-state index is -0.260. The quantitative estimate of drug-likeness (QED) is 0.0595. The Balaban J connectivity index is 0.000000193. The standard InChI is InChI=1S/C26H28N6O2.C23H26N6O/c1-3-22(33)32-15-7-8-19(16-32)30-26-23(25(27)28-17-29-26)24(34)18-11-13-21(14-12-18)31(2)20-9-5-4-6-10-20;1-29(18-7-3-2-4-8-18)19-11-9-16(10-12-19)21(30)20-22(24)26-15-27-23(20)28-17-6-5-13-25-14-17/h3-6,9-14,17,19H,1,7-8,15-16H2,2H3,(H3,27,28,29,30);2-4,7-12,15,17,25H,5-6,13-14H2,1H3,(H3,24,26,27,28)/t19-;17-/m11/s1. The molecule has 0 unspecified atom stereocenters. The van der Waals surface area contributed by atoms with E-state index in [2.05, 4.69) is 47.4 Å². The monoisotopic (exact) mass is 858 g/mol. The van der Waals surface area contributed by atoms with Gasteiger partial charge in [0.1, 0.15) is 47.1 Å². The van der Waals surface area contributed by atoms with Gasteiger partial charge in [0.15, 0.2) is 11.6 Å². The summed E-state index contributed by atoms with van der Waals surface area (Å²) < 4.78 is 0. The zero-order chi connectivity index (χ0) is 45.0. The summed E-state index contributed by atoms with van der Waals surface area (Å²) in [4.78, 5) is 61.2. The molecule has 2 atom stereocenters. The number of piperidine rings is 2. The van der Waals surface area contributed by atoms with E-state index in [0.717, 1.165) is 61.5 Å². The summed E-state index contributed by atoms with van der Waals surface area (Å²) in [6.45, 7) is 6.60. The zero-order valence-corrected chi connectivity index (χ0v) is 36.2. The summed E-state index contributed by atoms with van der Waals surface area (Å²) >= 11 is 0. The number of hydrogen-bond acceptors (Lipinski definition) is 14. The maximum atomic E-state index is 13.4. The first-order valence-electron chi connectivity index (χ1n) is 21.3. The molecule has 2 aromatic heterocycles. The topological polar surface area (TPSA) is 201 Å². The van der Waals surface area contributed by atoms with Crippen molar-refractivity contribution in [2.75, 3.05) is 72.2 Å². The van der Waals surface area contributed by atoms with Crippen LogP contribution in [-0.2, 0) is 4.79 Å². The second-order valence-corrected chi connectivity index (χ2v) is 15.7. The van der Waals surface area contributed by atoms with Crippen LogP contribution in [0.4, 0.5) is 46.0 Å². The number of nitrogen functional groups attached to an aromatic ring is 2. The van der Waals surface area contributed by atoms with E-state index in [1.807, 2.05) is 116 Å². The van der Waals surface area contributed by atoms with Crippen LogP contribution in [-0.4, -0.2) is 94.7 Å². The molecule has 15 nitrogen and oxygen atoms in total. The van der Waals surface area contributed by atoms with Crippen molar-refractivity contribution in [2.24, 2.45) is 0 Å². The summed E-state index contributed by atoms with van der Waals surface area (Å²) in [7, 11) is 3.97. The van der Waals surface area contributed by atoms with Gasteiger partial charge >= 0.3 is 0 Å². The van der Waals surface area contributed by atoms with Gasteiger partial charge in [0.2, 0.25) is 5.91 Å². The SMILES string of the molecule is C=CC(=O)N1CCC[C@@H](Nc2ncnc(N)c2C(=O)c2ccc(N(C)c3ccccc3)cc2)C1.CN(c1ccccc1)c1ccc(C(=O)c2c(N)ncnc2N[C@@H]2CCCNC2)cc1. The van der Waals surface area contributed by atoms with Crippen LogP contribution < -0.4 is 37.2 Å². The van der Waals surface area contributed by atoms with Gasteiger partial charge < -0.3 is 42.1 Å². The van der Waals surface area contributed by atoms with Gasteiger partial charge in [-0.1, -0.05) is 43.0 Å². The van der Waals surface area contributed by atoms with Crippen molar-refractivity contribution in [2.45, 2.75) is 37.8 Å². The van der Waals surface area contributed by atoms with E-state index in [1.54, 1.807) is 17.0 Å². The molecule has 2 aliphatic rings. The Morgan fingerprint density at radius 1 is 0.656 bits per heavy atom. The fourth-order valence-corrected chi connectivity index (χ4v) is 7.81. The smallest absolute Gasteiger partial charge is 0.246 e. The van der Waals surface area contributed by atoms with Gasteiger partial charge in [0.25, 0.3) is 0 Å². The predicted octanol–water partition coefficient (Wildman–Crippen LogP) is 6.87. The molecule has 6 aromatic rings. The molecule has 8 rings (SSSR count). The number of nitrogens with zero attached hydrogens (tertiary/aromatic N) is 7. The number of likely N-dealkylation sites (tertiary alicyclic amines) is 1. The fraction of sp³-hybridized carbons (Fsp3) is 0.245. The molecule has 64 heavy (non-hydrogen) atoms. The van der Waals surface area contributed by atoms with Gasteiger partial charge in [0, 0.05) is 79.7 Å². The lowest BCUT2D eigenvalue weighted by atomic mass is 10.0. The van der Waals surface area contributed by atoms with Crippen molar-refractivity contribution < 1.29 is 14.4 Å². The molecule has 2 aliphatic heterocycles. The number of nitrogens with one attached hydrogen (secondary N) is 3. The van der Waals surface area contributed by atoms with Gasteiger partial charge in [-0.2, -0.15) is 0 Å². The highest BCUT2D eigenvalue weighted by molar-refractivity contribution is 6.15. The number of benzene rings is 4. The molecule has 4 aromatic carbocycles. The molecule has 4 heterocycles. The molecule has 2 fully saturated rings. The van der Waals surface area contributed by atoms with Crippen molar-refractivity contribution >= 4 is 63.5 Å². The molecule has 0 spiro atoms. The molecule has 0 radical (unpaired) electrons. The summed E-state index contributed by atoms with van der Waals surface area (Å²) in [6, 6.07) is 35.0. The number of aromatic nitrogens is 4. The maximum Gasteiger partial charge on any atom is 0.246 e. The molecule has 1 amide bonds. The average molecular weight is 859 g/mol. The van der Waals surface area contributed by atoms with Crippen molar-refractivity contribution in [3.05, 3.63) is 157 Å². The number of carbonyl (C=O) groups excluding carboxylic acids is 3. The third-order valence-electron chi connectivity index (χ3n) is 11.4. The summed E-state index contributed by atoms with van der Waals surface area (Å²) in [6.07, 6.45) is 7.84. The third kappa shape index (κ3) is 10.7. The van der Waals surface area contributed by atoms with Crippen LogP contribution in [0.3, 0.4) is 0 Å². The van der Waals surface area contributed by atoms with Crippen LogP contribution in [0, 0.1) is 0 Å². The molecule has 2 saturated heterocycles. The van der Waals surface area contributed by atoms with Crippen LogP contribution in [0.2, 0.25) is 0 Å². The van der Waals surface area contributed by atoms with Crippen LogP contribution in [0.1, 0.15) is 57.5 Å². The Bertz CT molecular complexity index is 2530. The Labute approximate surface area is 373 Å². The lowest BCUT2D eigenvalue weighted by Gasteiger charge is -2.33. The Hall–Kier alpha value is -7.65. The van der Waals surface area contributed by atoms with Gasteiger partial charge in [-0.15, -0.1) is 0 Å². The molecule has 0 saturated carbocycles. The van der Waals surface area contributed by atoms with Crippen molar-refractivity contribution in [1.82, 2.24) is 30.2 Å². The lowest BCUT2D eigenvalue weighted by molar-refractivity contribution is -0.127. The minimum absolute atomic E-state index is 0.0552. The number of nitrogens with two attached hydrogens (primary N) is 2. The molecule has 7 N–H and O–H groups in total. The third-order valence-corrected chi connectivity index (χ3v) is 11.4. The summed E-state index contributed by atoms with van der Waals surface area (Å²) in [5.74, 6) is 0.616. The fourth-order valence-electron chi connectivity index (χ4n) is 7.81. The molecular formula is C49H54N12O3. The van der Waals surface area contributed by atoms with E-state index in [1.165, 1.54) is 18.7 Å². The van der Waals surface area contributed by atoms with Crippen LogP contribution >= 0.6 is 0 Å². The largest absolute Gasteiger partial charge is 0.383 e. The minimum Gasteiger partial charge on any atom is -0.383 e. The number of hydrogen-bond donors (Lipinski definition) is 5. The van der Waals surface area contributed by atoms with E-state index < -0.39 is 0 Å². The van der Waals surface area contributed by atoms with E-state index in [9.17, 15) is 14.4 Å². The Morgan fingerprint density at radius 2 is 1.11 bits per heavy atom. The number of rotatable bonds is 13. The first-order valence-corrected chi connectivity index (χ1v) is 21.3. The lowest BCUT2D eigenvalue weighted by Crippen LogP contribution is -2.44. The molecule has 15 heteroatoms. The molecule has 0 bridgehead atoms. The second kappa shape index (κ2) is 20.9. The van der Waals surface area contributed by atoms with Crippen molar-refractivity contribution in [1.29, 1.82) is 0 Å². The number of amides is 1. The maximum absolute atomic E-state index is 13.4. The summed E-state index contributed by atoms with van der Waals surface area (Å²) in [5, 5.41) is 10.0. The molecular weight excluding hydrogens is 805 g/mol. The van der Waals surface area contributed by atoms with Crippen LogP contribution in [0.15, 0.2) is 135 Å². The average Bonchev–Trinajstić information content (AvgIpc) is 3.34. The predicted molar refractivity (Wildman–Crippen MR) is 255 cm³/mol. The van der Waals surface area contributed by atoms with E-state index in [4.69, 9.17) is 11.5 Å². The second-order valence-electron chi connectivity index (χ2n) is 15.7. The van der Waals surface area contributed by atoms with Crippen LogP contribution in [0.25, 0.3) is 0 Å². The number of para-hydroxylation sites is 2. The van der Waals surface area contributed by atoms with E-state index in [0.29, 0.717) is 41.4 Å². The van der Waals surface area contributed by atoms with Gasteiger partial charge in [-0.3, -0.25) is 14.4 Å². The Morgan fingerprint density at radius 3 is 1.56 bits per heavy atom. The van der Waals surface area contributed by atoms with Gasteiger partial charge in [-0.05, 0) is 111 Å². The summed E-state index contributed by atoms with van der Waals surface area (Å²) in [5.41, 5.74) is 17.9. The van der Waals surface area contributed by atoms with Crippen molar-refractivity contribution in [3.8, 4) is 0 Å². The van der Waals surface area contributed by atoms with Gasteiger partial charge in [0.05, 0.1) is 0 Å². The highest BCUT2D eigenvalue weighted by Gasteiger charge is 2.27. The zero-order valence-electron chi connectivity index (χ0n) is 36.2. The normalized spacial score (nSPS) is 15.8.